The third kappa shape index (κ3) is 2.73. The van der Waals surface area contributed by atoms with Gasteiger partial charge in [0.1, 0.15) is 0 Å². The standard InChI is InChI=1S/C23H22ClN/c24-17-9-8-16-23(18-10-2-1-3-11-18)19-12-4-6-14-21(19)25-22-15-7-5-13-20(22)23/h1-7,10-15,25H,8-9,16-17H2. The summed E-state index contributed by atoms with van der Waals surface area (Å²) >= 11 is 6.00. The molecule has 0 radical (unpaired) electrons. The summed E-state index contributed by atoms with van der Waals surface area (Å²) in [6.07, 6.45) is 3.19. The van der Waals surface area contributed by atoms with Crippen LogP contribution in [0.15, 0.2) is 78.9 Å². The van der Waals surface area contributed by atoms with Crippen LogP contribution in [0.2, 0.25) is 0 Å². The van der Waals surface area contributed by atoms with Gasteiger partial charge >= 0.3 is 0 Å². The van der Waals surface area contributed by atoms with Gasteiger partial charge in [0.25, 0.3) is 0 Å². The molecule has 4 rings (SSSR count). The van der Waals surface area contributed by atoms with Crippen molar-refractivity contribution >= 4 is 23.0 Å². The second kappa shape index (κ2) is 6.93. The van der Waals surface area contributed by atoms with Gasteiger partial charge in [-0.25, -0.2) is 0 Å². The zero-order valence-corrected chi connectivity index (χ0v) is 15.0. The highest BCUT2D eigenvalue weighted by molar-refractivity contribution is 6.17. The van der Waals surface area contributed by atoms with Gasteiger partial charge in [-0.05, 0) is 41.7 Å². The molecular formula is C23H22ClN. The van der Waals surface area contributed by atoms with E-state index in [-0.39, 0.29) is 5.41 Å². The molecule has 0 aromatic heterocycles. The number of rotatable bonds is 5. The molecule has 0 spiro atoms. The molecule has 3 aromatic rings. The third-order valence-electron chi connectivity index (χ3n) is 5.25. The van der Waals surface area contributed by atoms with E-state index in [2.05, 4.69) is 84.2 Å². The second-order valence-electron chi connectivity index (χ2n) is 6.63. The fourth-order valence-electron chi connectivity index (χ4n) is 4.15. The molecule has 25 heavy (non-hydrogen) atoms. The van der Waals surface area contributed by atoms with E-state index in [0.717, 1.165) is 19.3 Å². The molecular weight excluding hydrogens is 326 g/mol. The van der Waals surface area contributed by atoms with Gasteiger partial charge < -0.3 is 5.32 Å². The van der Waals surface area contributed by atoms with Gasteiger partial charge in [0, 0.05) is 22.7 Å². The topological polar surface area (TPSA) is 12.0 Å². The molecule has 1 heterocycles. The Hall–Kier alpha value is -2.25. The van der Waals surface area contributed by atoms with E-state index < -0.39 is 0 Å². The zero-order chi connectivity index (χ0) is 17.1. The van der Waals surface area contributed by atoms with Crippen molar-refractivity contribution < 1.29 is 0 Å². The Bertz CT molecular complexity index is 811. The summed E-state index contributed by atoms with van der Waals surface area (Å²) in [6, 6.07) is 28.3. The van der Waals surface area contributed by atoms with Crippen molar-refractivity contribution in [3.05, 3.63) is 95.6 Å². The minimum absolute atomic E-state index is 0.133. The molecule has 0 unspecified atom stereocenters. The smallest absolute Gasteiger partial charge is 0.0492 e. The predicted octanol–water partition coefficient (Wildman–Crippen LogP) is 6.49. The number of hydrogen-bond donors (Lipinski definition) is 1. The van der Waals surface area contributed by atoms with E-state index in [1.807, 2.05) is 0 Å². The number of halogens is 1. The van der Waals surface area contributed by atoms with Gasteiger partial charge in [0.05, 0.1) is 0 Å². The van der Waals surface area contributed by atoms with Gasteiger partial charge in [0.15, 0.2) is 0 Å². The van der Waals surface area contributed by atoms with Crippen LogP contribution in [-0.4, -0.2) is 5.88 Å². The second-order valence-corrected chi connectivity index (χ2v) is 7.01. The van der Waals surface area contributed by atoms with Crippen LogP contribution in [0, 0.1) is 0 Å². The molecule has 1 N–H and O–H groups in total. The predicted molar refractivity (Wildman–Crippen MR) is 107 cm³/mol. The Balaban J connectivity index is 1.99. The summed E-state index contributed by atoms with van der Waals surface area (Å²) in [4.78, 5) is 0. The highest BCUT2D eigenvalue weighted by Gasteiger charge is 2.41. The number of unbranched alkanes of at least 4 members (excludes halogenated alkanes) is 1. The highest BCUT2D eigenvalue weighted by Crippen LogP contribution is 2.52. The quantitative estimate of drug-likeness (QED) is 0.411. The van der Waals surface area contributed by atoms with Crippen LogP contribution >= 0.6 is 11.6 Å². The van der Waals surface area contributed by atoms with E-state index >= 15 is 0 Å². The van der Waals surface area contributed by atoms with Gasteiger partial charge in [-0.1, -0.05) is 73.2 Å². The van der Waals surface area contributed by atoms with Gasteiger partial charge in [-0.15, -0.1) is 11.6 Å². The van der Waals surface area contributed by atoms with E-state index in [4.69, 9.17) is 11.6 Å². The maximum absolute atomic E-state index is 6.00. The lowest BCUT2D eigenvalue weighted by Gasteiger charge is -2.42. The van der Waals surface area contributed by atoms with Crippen LogP contribution in [0.5, 0.6) is 0 Å². The highest BCUT2D eigenvalue weighted by atomic mass is 35.5. The van der Waals surface area contributed by atoms with E-state index in [0.29, 0.717) is 5.88 Å². The summed E-state index contributed by atoms with van der Waals surface area (Å²) in [5.74, 6) is 0.715. The van der Waals surface area contributed by atoms with Crippen LogP contribution in [-0.2, 0) is 5.41 Å². The molecule has 1 aliphatic heterocycles. The summed E-state index contributed by atoms with van der Waals surface area (Å²) in [6.45, 7) is 0. The van der Waals surface area contributed by atoms with Gasteiger partial charge in [0.2, 0.25) is 0 Å². The SMILES string of the molecule is ClCCCCC1(c2ccccc2)c2ccccc2Nc2ccccc21. The van der Waals surface area contributed by atoms with E-state index in [1.54, 1.807) is 0 Å². The van der Waals surface area contributed by atoms with Crippen LogP contribution in [0.3, 0.4) is 0 Å². The van der Waals surface area contributed by atoms with Crippen molar-refractivity contribution in [3.63, 3.8) is 0 Å². The van der Waals surface area contributed by atoms with Crippen molar-refractivity contribution in [2.24, 2.45) is 0 Å². The molecule has 0 amide bonds. The van der Waals surface area contributed by atoms with Crippen LogP contribution in [0.1, 0.15) is 36.0 Å². The van der Waals surface area contributed by atoms with Gasteiger partial charge in [-0.3, -0.25) is 0 Å². The Kier molecular flexibility index (Phi) is 4.50. The monoisotopic (exact) mass is 347 g/mol. The van der Waals surface area contributed by atoms with Gasteiger partial charge in [-0.2, -0.15) is 0 Å². The molecule has 0 saturated carbocycles. The maximum atomic E-state index is 6.00. The summed E-state index contributed by atoms with van der Waals surface area (Å²) < 4.78 is 0. The van der Waals surface area contributed by atoms with E-state index in [9.17, 15) is 0 Å². The van der Waals surface area contributed by atoms with Crippen LogP contribution in [0.4, 0.5) is 11.4 Å². The molecule has 126 valence electrons. The molecule has 1 aliphatic rings. The number of benzene rings is 3. The number of alkyl halides is 1. The molecule has 1 nitrogen and oxygen atoms in total. The van der Waals surface area contributed by atoms with Crippen molar-refractivity contribution in [2.75, 3.05) is 11.2 Å². The summed E-state index contributed by atoms with van der Waals surface area (Å²) in [5, 5.41) is 3.63. The maximum Gasteiger partial charge on any atom is 0.0492 e. The van der Waals surface area contributed by atoms with Crippen molar-refractivity contribution in [1.82, 2.24) is 0 Å². The average Bonchev–Trinajstić information content (AvgIpc) is 2.68. The molecule has 3 aromatic carbocycles. The number of hydrogen-bond acceptors (Lipinski definition) is 1. The van der Waals surface area contributed by atoms with Crippen LogP contribution in [0.25, 0.3) is 0 Å². The lowest BCUT2D eigenvalue weighted by Crippen LogP contribution is -2.34. The first kappa shape index (κ1) is 16.2. The largest absolute Gasteiger partial charge is 0.355 e. The van der Waals surface area contributed by atoms with Crippen molar-refractivity contribution in [1.29, 1.82) is 0 Å². The summed E-state index contributed by atoms with van der Waals surface area (Å²) in [7, 11) is 0. The Labute approximate surface area is 154 Å². The minimum atomic E-state index is -0.133. The molecule has 0 bridgehead atoms. The first-order valence-corrected chi connectivity index (χ1v) is 9.47. The number of para-hydroxylation sites is 2. The number of nitrogens with one attached hydrogen (secondary N) is 1. The summed E-state index contributed by atoms with van der Waals surface area (Å²) in [5.41, 5.74) is 6.34. The minimum Gasteiger partial charge on any atom is -0.355 e. The normalized spacial score (nSPS) is 14.3. The molecule has 0 saturated heterocycles. The van der Waals surface area contributed by atoms with Crippen molar-refractivity contribution in [2.45, 2.75) is 24.7 Å². The molecule has 0 aliphatic carbocycles. The van der Waals surface area contributed by atoms with Crippen LogP contribution < -0.4 is 5.32 Å². The fourth-order valence-corrected chi connectivity index (χ4v) is 4.34. The zero-order valence-electron chi connectivity index (χ0n) is 14.2. The lowest BCUT2D eigenvalue weighted by molar-refractivity contribution is 0.527. The number of fused-ring (bicyclic) bond motifs is 2. The molecule has 2 heteroatoms. The fraction of sp³-hybridized carbons (Fsp3) is 0.217. The number of anilines is 2. The third-order valence-corrected chi connectivity index (χ3v) is 5.51. The Morgan fingerprint density at radius 2 is 1.24 bits per heavy atom. The van der Waals surface area contributed by atoms with E-state index in [1.165, 1.54) is 28.1 Å². The Morgan fingerprint density at radius 3 is 1.84 bits per heavy atom. The lowest BCUT2D eigenvalue weighted by atomic mass is 9.64. The first-order chi connectivity index (χ1) is 12.4. The molecule has 0 atom stereocenters. The first-order valence-electron chi connectivity index (χ1n) is 8.94. The average molecular weight is 348 g/mol. The molecule has 0 fully saturated rings. The Morgan fingerprint density at radius 1 is 0.680 bits per heavy atom. The van der Waals surface area contributed by atoms with Crippen molar-refractivity contribution in [3.8, 4) is 0 Å².